The average Bonchev–Trinajstić information content (AvgIpc) is 2.15. The van der Waals surface area contributed by atoms with E-state index < -0.39 is 11.9 Å². The Balaban J connectivity index is 3.96. The molecule has 1 atom stereocenters. The van der Waals surface area contributed by atoms with Crippen molar-refractivity contribution in [1.82, 2.24) is 0 Å². The summed E-state index contributed by atoms with van der Waals surface area (Å²) in [6.07, 6.45) is 2.50. The highest BCUT2D eigenvalue weighted by Gasteiger charge is 2.14. The molecule has 0 amide bonds. The van der Waals surface area contributed by atoms with Gasteiger partial charge in [0, 0.05) is 6.42 Å². The van der Waals surface area contributed by atoms with Crippen LogP contribution in [0.4, 0.5) is 0 Å². The smallest absolute Gasteiger partial charge is 0.393 e. The molecule has 0 saturated carbocycles. The lowest BCUT2D eigenvalue weighted by Gasteiger charge is -2.12. The molecule has 0 radical (unpaired) electrons. The van der Waals surface area contributed by atoms with Gasteiger partial charge in [0.15, 0.2) is 0 Å². The molecule has 0 fully saturated rings. The predicted octanol–water partition coefficient (Wildman–Crippen LogP) is 2.29. The Bertz CT molecular complexity index is 255. The summed E-state index contributed by atoms with van der Waals surface area (Å²) in [4.78, 5) is 11.0. The molecule has 0 spiro atoms. The van der Waals surface area contributed by atoms with Crippen molar-refractivity contribution in [3.63, 3.8) is 0 Å². The highest BCUT2D eigenvalue weighted by Crippen LogP contribution is 2.03. The largest absolute Gasteiger partial charge is 0.470 e. The zero-order chi connectivity index (χ0) is 11.8. The zero-order valence-electron chi connectivity index (χ0n) is 9.79. The number of hydrogen-bond donors (Lipinski definition) is 1. The molecule has 0 saturated heterocycles. The summed E-state index contributed by atoms with van der Waals surface area (Å²) < 4.78 is 9.71. The summed E-state index contributed by atoms with van der Waals surface area (Å²) in [6, 6.07) is 0. The Hall–Kier alpha value is -1.32. The maximum absolute atomic E-state index is 11.0. The van der Waals surface area contributed by atoms with Crippen LogP contribution in [0, 0.1) is 5.41 Å². The lowest BCUT2D eigenvalue weighted by atomic mass is 10.2. The number of hydrogen-bond acceptors (Lipinski definition) is 4. The first kappa shape index (κ1) is 13.7. The van der Waals surface area contributed by atoms with Crippen molar-refractivity contribution in [2.75, 3.05) is 6.61 Å². The summed E-state index contributed by atoms with van der Waals surface area (Å²) in [6.45, 7) is 7.74. The molecule has 4 nitrogen and oxygen atoms in total. The third-order valence-corrected chi connectivity index (χ3v) is 1.64. The molecule has 1 unspecified atom stereocenters. The van der Waals surface area contributed by atoms with Crippen molar-refractivity contribution >= 4 is 11.9 Å². The van der Waals surface area contributed by atoms with Crippen molar-refractivity contribution in [2.24, 2.45) is 0 Å². The second-order valence-corrected chi connectivity index (χ2v) is 3.50. The molecule has 0 aromatic heterocycles. The first-order valence-corrected chi connectivity index (χ1v) is 5.03. The van der Waals surface area contributed by atoms with Crippen LogP contribution in [0.25, 0.3) is 0 Å². The first-order valence-electron chi connectivity index (χ1n) is 5.03. The predicted molar refractivity (Wildman–Crippen MR) is 59.0 cm³/mol. The fourth-order valence-electron chi connectivity index (χ4n) is 0.896. The van der Waals surface area contributed by atoms with Gasteiger partial charge < -0.3 is 9.47 Å². The molecule has 1 N–H and O–H groups in total. The number of esters is 1. The quantitative estimate of drug-likeness (QED) is 0.337. The Morgan fingerprint density at radius 1 is 1.47 bits per heavy atom. The van der Waals surface area contributed by atoms with E-state index >= 15 is 0 Å². The van der Waals surface area contributed by atoms with E-state index in [4.69, 9.17) is 10.1 Å². The van der Waals surface area contributed by atoms with Crippen LogP contribution in [-0.2, 0) is 14.3 Å². The minimum Gasteiger partial charge on any atom is -0.470 e. The van der Waals surface area contributed by atoms with Gasteiger partial charge in [0.25, 0.3) is 5.90 Å². The molecule has 0 rings (SSSR count). The monoisotopic (exact) mass is 213 g/mol. The van der Waals surface area contributed by atoms with E-state index in [1.807, 2.05) is 26.8 Å². The van der Waals surface area contributed by atoms with Gasteiger partial charge in [-0.05, 0) is 27.7 Å². The highest BCUT2D eigenvalue weighted by atomic mass is 16.6. The van der Waals surface area contributed by atoms with Gasteiger partial charge in [0.2, 0.25) is 0 Å². The number of ether oxygens (including phenoxy) is 2. The summed E-state index contributed by atoms with van der Waals surface area (Å²) >= 11 is 0. The molecule has 86 valence electrons. The van der Waals surface area contributed by atoms with Crippen LogP contribution in [-0.4, -0.2) is 24.6 Å². The van der Waals surface area contributed by atoms with Gasteiger partial charge in [0.1, 0.15) is 6.10 Å². The summed E-state index contributed by atoms with van der Waals surface area (Å²) in [5.41, 5.74) is 1.19. The Morgan fingerprint density at radius 3 is 2.53 bits per heavy atom. The van der Waals surface area contributed by atoms with Gasteiger partial charge in [0.05, 0.1) is 6.61 Å². The standard InChI is InChI=1S/C11H19NO3/c1-5-14-11(13)10(12)15-9(4)7-6-8(2)3/h6,9,12H,5,7H2,1-4H3. The van der Waals surface area contributed by atoms with Crippen molar-refractivity contribution in [2.45, 2.75) is 40.2 Å². The zero-order valence-corrected chi connectivity index (χ0v) is 9.79. The van der Waals surface area contributed by atoms with Crippen molar-refractivity contribution in [1.29, 1.82) is 5.41 Å². The van der Waals surface area contributed by atoms with Gasteiger partial charge in [-0.25, -0.2) is 4.79 Å². The molecule has 0 aliphatic carbocycles. The fraction of sp³-hybridized carbons (Fsp3) is 0.636. The van der Waals surface area contributed by atoms with E-state index in [0.29, 0.717) is 6.42 Å². The van der Waals surface area contributed by atoms with E-state index in [1.54, 1.807) is 6.92 Å². The number of carbonyl (C=O) groups is 1. The Labute approximate surface area is 90.8 Å². The maximum Gasteiger partial charge on any atom is 0.393 e. The Morgan fingerprint density at radius 2 is 2.07 bits per heavy atom. The molecule has 0 aromatic rings. The molecule has 0 aliphatic heterocycles. The normalized spacial score (nSPS) is 11.5. The van der Waals surface area contributed by atoms with Gasteiger partial charge in [-0.15, -0.1) is 0 Å². The molecule has 4 heteroatoms. The minimum absolute atomic E-state index is 0.184. The van der Waals surface area contributed by atoms with Gasteiger partial charge in [-0.2, -0.15) is 0 Å². The van der Waals surface area contributed by atoms with E-state index in [0.717, 1.165) is 0 Å². The SMILES string of the molecule is CCOC(=O)C(=N)OC(C)CC=C(C)C. The van der Waals surface area contributed by atoms with Crippen LogP contribution < -0.4 is 0 Å². The van der Waals surface area contributed by atoms with Crippen LogP contribution in [0.2, 0.25) is 0 Å². The van der Waals surface area contributed by atoms with E-state index in [2.05, 4.69) is 4.74 Å². The van der Waals surface area contributed by atoms with E-state index in [9.17, 15) is 4.79 Å². The fourth-order valence-corrected chi connectivity index (χ4v) is 0.896. The van der Waals surface area contributed by atoms with Gasteiger partial charge >= 0.3 is 5.97 Å². The summed E-state index contributed by atoms with van der Waals surface area (Å²) in [7, 11) is 0. The minimum atomic E-state index is -0.707. The lowest BCUT2D eigenvalue weighted by Crippen LogP contribution is -2.23. The van der Waals surface area contributed by atoms with Crippen molar-refractivity contribution < 1.29 is 14.3 Å². The number of carbonyl (C=O) groups excluding carboxylic acids is 1. The average molecular weight is 213 g/mol. The van der Waals surface area contributed by atoms with Crippen LogP contribution in [0.1, 0.15) is 34.1 Å². The molecular weight excluding hydrogens is 194 g/mol. The number of allylic oxidation sites excluding steroid dienone is 1. The van der Waals surface area contributed by atoms with E-state index in [1.165, 1.54) is 5.57 Å². The summed E-state index contributed by atoms with van der Waals surface area (Å²) in [5, 5.41) is 7.30. The van der Waals surface area contributed by atoms with E-state index in [-0.39, 0.29) is 12.7 Å². The van der Waals surface area contributed by atoms with Crippen LogP contribution in [0.15, 0.2) is 11.6 Å². The number of nitrogens with one attached hydrogen (secondary N) is 1. The third-order valence-electron chi connectivity index (χ3n) is 1.64. The maximum atomic E-state index is 11.0. The topological polar surface area (TPSA) is 59.4 Å². The van der Waals surface area contributed by atoms with Gasteiger partial charge in [-0.3, -0.25) is 5.41 Å². The molecule has 0 aliphatic rings. The van der Waals surface area contributed by atoms with Crippen LogP contribution >= 0.6 is 0 Å². The Kier molecular flexibility index (Phi) is 6.42. The van der Waals surface area contributed by atoms with Crippen molar-refractivity contribution in [3.8, 4) is 0 Å². The molecular formula is C11H19NO3. The highest BCUT2D eigenvalue weighted by molar-refractivity contribution is 6.31. The third kappa shape index (κ3) is 6.71. The molecule has 0 aromatic carbocycles. The summed E-state index contributed by atoms with van der Waals surface area (Å²) in [5.74, 6) is -1.13. The number of rotatable bonds is 4. The second-order valence-electron chi connectivity index (χ2n) is 3.50. The first-order chi connectivity index (χ1) is 6.97. The molecule has 0 bridgehead atoms. The van der Waals surface area contributed by atoms with Crippen LogP contribution in [0.3, 0.4) is 0 Å². The lowest BCUT2D eigenvalue weighted by molar-refractivity contribution is -0.137. The van der Waals surface area contributed by atoms with Gasteiger partial charge in [-0.1, -0.05) is 11.6 Å². The van der Waals surface area contributed by atoms with Crippen molar-refractivity contribution in [3.05, 3.63) is 11.6 Å². The van der Waals surface area contributed by atoms with Crippen LogP contribution in [0.5, 0.6) is 0 Å². The second kappa shape index (κ2) is 7.04. The molecule has 0 heterocycles. The molecule has 15 heavy (non-hydrogen) atoms.